The molecule has 0 aliphatic rings. The van der Waals surface area contributed by atoms with Gasteiger partial charge in [-0.15, -0.1) is 0 Å². The first-order valence-electron chi connectivity index (χ1n) is 5.18. The maximum Gasteiger partial charge on any atom is 0.251 e. The maximum absolute atomic E-state index is 11.7. The summed E-state index contributed by atoms with van der Waals surface area (Å²) < 4.78 is 0. The molecular weight excluding hydrogens is 186 g/mol. The number of likely N-dealkylation sites (N-methyl/N-ethyl adjacent to an activating group) is 1. The summed E-state index contributed by atoms with van der Waals surface area (Å²) >= 11 is 0. The number of carbonyl (C=O) groups excluding carboxylic acids is 1. The Kier molecular flexibility index (Phi) is 4.10. The molecule has 80 valence electrons. The molecule has 2 nitrogen and oxygen atoms in total. The smallest absolute Gasteiger partial charge is 0.251 e. The molecule has 1 amide bonds. The number of hydrogen-bond donors (Lipinski definition) is 1. The topological polar surface area (TPSA) is 29.1 Å². The van der Waals surface area contributed by atoms with Crippen LogP contribution in [0.25, 0.3) is 5.57 Å². The highest BCUT2D eigenvalue weighted by molar-refractivity contribution is 6.20. The van der Waals surface area contributed by atoms with Crippen LogP contribution in [0.1, 0.15) is 25.8 Å². The molecule has 15 heavy (non-hydrogen) atoms. The quantitative estimate of drug-likeness (QED) is 0.752. The molecule has 0 fully saturated rings. The van der Waals surface area contributed by atoms with Crippen molar-refractivity contribution in [2.75, 3.05) is 7.05 Å². The van der Waals surface area contributed by atoms with E-state index in [1.165, 1.54) is 0 Å². The molecule has 0 saturated carbocycles. The highest BCUT2D eigenvalue weighted by Gasteiger charge is 2.12. The van der Waals surface area contributed by atoms with Crippen molar-refractivity contribution in [3.63, 3.8) is 0 Å². The molecule has 0 spiro atoms. The van der Waals surface area contributed by atoms with Crippen LogP contribution in [0, 0.1) is 0 Å². The van der Waals surface area contributed by atoms with Gasteiger partial charge in [0.05, 0.1) is 0 Å². The fourth-order valence-electron chi connectivity index (χ4n) is 1.48. The van der Waals surface area contributed by atoms with Gasteiger partial charge in [0.1, 0.15) is 0 Å². The van der Waals surface area contributed by atoms with Gasteiger partial charge in [-0.2, -0.15) is 0 Å². The summed E-state index contributed by atoms with van der Waals surface area (Å²) in [4.78, 5) is 11.7. The average Bonchev–Trinajstić information content (AvgIpc) is 2.30. The van der Waals surface area contributed by atoms with Crippen molar-refractivity contribution in [3.8, 4) is 0 Å². The van der Waals surface area contributed by atoms with E-state index in [0.29, 0.717) is 0 Å². The molecule has 0 unspecified atom stereocenters. The standard InChI is InChI=1S/C13H17NO/c1-4-10(2)12(13(15)14-3)11-8-6-5-7-9-11/h5-9H,4H2,1-3H3,(H,14,15). The van der Waals surface area contributed by atoms with E-state index < -0.39 is 0 Å². The lowest BCUT2D eigenvalue weighted by molar-refractivity contribution is -0.115. The Balaban J connectivity index is 3.20. The third-order valence-corrected chi connectivity index (χ3v) is 2.47. The summed E-state index contributed by atoms with van der Waals surface area (Å²) in [7, 11) is 1.66. The summed E-state index contributed by atoms with van der Waals surface area (Å²) in [6.07, 6.45) is 0.887. The molecule has 0 heterocycles. The van der Waals surface area contributed by atoms with Crippen molar-refractivity contribution in [2.45, 2.75) is 20.3 Å². The number of allylic oxidation sites excluding steroid dienone is 1. The van der Waals surface area contributed by atoms with Crippen LogP contribution in [0.2, 0.25) is 0 Å². The summed E-state index contributed by atoms with van der Waals surface area (Å²) in [5.41, 5.74) is 2.89. The molecule has 1 aromatic rings. The Bertz CT molecular complexity index is 365. The Morgan fingerprint density at radius 3 is 2.33 bits per heavy atom. The van der Waals surface area contributed by atoms with E-state index >= 15 is 0 Å². The number of rotatable bonds is 3. The molecule has 1 rings (SSSR count). The highest BCUT2D eigenvalue weighted by atomic mass is 16.1. The highest BCUT2D eigenvalue weighted by Crippen LogP contribution is 2.20. The first-order valence-corrected chi connectivity index (χ1v) is 5.18. The summed E-state index contributed by atoms with van der Waals surface area (Å²) in [6.45, 7) is 4.05. The van der Waals surface area contributed by atoms with Crippen molar-refractivity contribution in [2.24, 2.45) is 0 Å². The minimum atomic E-state index is -0.0134. The van der Waals surface area contributed by atoms with Crippen molar-refractivity contribution in [1.29, 1.82) is 0 Å². The van der Waals surface area contributed by atoms with E-state index in [1.54, 1.807) is 7.05 Å². The van der Waals surface area contributed by atoms with E-state index in [-0.39, 0.29) is 5.91 Å². The SMILES string of the molecule is CCC(C)=C(C(=O)NC)c1ccccc1. The van der Waals surface area contributed by atoms with E-state index in [1.807, 2.05) is 37.3 Å². The van der Waals surface area contributed by atoms with Gasteiger partial charge < -0.3 is 5.32 Å². The van der Waals surface area contributed by atoms with Crippen molar-refractivity contribution >= 4 is 11.5 Å². The second kappa shape index (κ2) is 5.35. The van der Waals surface area contributed by atoms with Crippen LogP contribution in [0.15, 0.2) is 35.9 Å². The lowest BCUT2D eigenvalue weighted by atomic mass is 9.98. The molecule has 0 aromatic heterocycles. The molecule has 0 atom stereocenters. The van der Waals surface area contributed by atoms with E-state index in [0.717, 1.165) is 23.1 Å². The lowest BCUT2D eigenvalue weighted by Gasteiger charge is -2.09. The zero-order chi connectivity index (χ0) is 11.3. The number of carbonyl (C=O) groups is 1. The van der Waals surface area contributed by atoms with Gasteiger partial charge in [0.25, 0.3) is 5.91 Å². The fraction of sp³-hybridized carbons (Fsp3) is 0.308. The molecule has 0 saturated heterocycles. The van der Waals surface area contributed by atoms with Crippen molar-refractivity contribution < 1.29 is 4.79 Å². The largest absolute Gasteiger partial charge is 0.355 e. The van der Waals surface area contributed by atoms with Crippen LogP contribution in [0.4, 0.5) is 0 Å². The van der Waals surface area contributed by atoms with Crippen LogP contribution >= 0.6 is 0 Å². The van der Waals surface area contributed by atoms with Gasteiger partial charge in [0.15, 0.2) is 0 Å². The lowest BCUT2D eigenvalue weighted by Crippen LogP contribution is -2.20. The fourth-order valence-corrected chi connectivity index (χ4v) is 1.48. The van der Waals surface area contributed by atoms with Crippen LogP contribution in [0.5, 0.6) is 0 Å². The monoisotopic (exact) mass is 203 g/mol. The molecule has 0 bridgehead atoms. The summed E-state index contributed by atoms with van der Waals surface area (Å²) in [5, 5.41) is 2.68. The maximum atomic E-state index is 11.7. The molecule has 1 N–H and O–H groups in total. The zero-order valence-electron chi connectivity index (χ0n) is 9.50. The molecule has 1 aromatic carbocycles. The first-order chi connectivity index (χ1) is 7.20. The van der Waals surface area contributed by atoms with Crippen LogP contribution in [-0.2, 0) is 4.79 Å². The Morgan fingerprint density at radius 2 is 1.87 bits per heavy atom. The van der Waals surface area contributed by atoms with Crippen LogP contribution in [0.3, 0.4) is 0 Å². The van der Waals surface area contributed by atoms with Gasteiger partial charge in [-0.3, -0.25) is 4.79 Å². The van der Waals surface area contributed by atoms with E-state index in [4.69, 9.17) is 0 Å². The van der Waals surface area contributed by atoms with Gasteiger partial charge in [-0.05, 0) is 18.9 Å². The Labute approximate surface area is 91.0 Å². The predicted octanol–water partition coefficient (Wildman–Crippen LogP) is 2.62. The zero-order valence-corrected chi connectivity index (χ0v) is 9.50. The van der Waals surface area contributed by atoms with Crippen LogP contribution in [-0.4, -0.2) is 13.0 Å². The second-order valence-electron chi connectivity index (χ2n) is 3.45. The summed E-state index contributed by atoms with van der Waals surface area (Å²) in [6, 6.07) is 9.77. The first kappa shape index (κ1) is 11.5. The predicted molar refractivity (Wildman–Crippen MR) is 63.4 cm³/mol. The van der Waals surface area contributed by atoms with Gasteiger partial charge in [-0.1, -0.05) is 42.8 Å². The van der Waals surface area contributed by atoms with Gasteiger partial charge >= 0.3 is 0 Å². The number of hydrogen-bond acceptors (Lipinski definition) is 1. The number of amides is 1. The third-order valence-electron chi connectivity index (χ3n) is 2.47. The minimum absolute atomic E-state index is 0.0134. The van der Waals surface area contributed by atoms with Gasteiger partial charge in [0, 0.05) is 12.6 Å². The van der Waals surface area contributed by atoms with Crippen molar-refractivity contribution in [1.82, 2.24) is 5.32 Å². The van der Waals surface area contributed by atoms with Gasteiger partial charge in [0.2, 0.25) is 0 Å². The Hall–Kier alpha value is -1.57. The molecule has 0 radical (unpaired) electrons. The van der Waals surface area contributed by atoms with E-state index in [2.05, 4.69) is 12.2 Å². The Morgan fingerprint density at radius 1 is 1.27 bits per heavy atom. The number of nitrogens with one attached hydrogen (secondary N) is 1. The average molecular weight is 203 g/mol. The molecule has 0 aliphatic carbocycles. The van der Waals surface area contributed by atoms with E-state index in [9.17, 15) is 4.79 Å². The van der Waals surface area contributed by atoms with Crippen LogP contribution < -0.4 is 5.32 Å². The molecular formula is C13H17NO. The molecule has 0 aliphatic heterocycles. The summed E-state index contributed by atoms with van der Waals surface area (Å²) in [5.74, 6) is -0.0134. The third kappa shape index (κ3) is 2.69. The second-order valence-corrected chi connectivity index (χ2v) is 3.45. The number of benzene rings is 1. The minimum Gasteiger partial charge on any atom is -0.355 e. The van der Waals surface area contributed by atoms with Crippen molar-refractivity contribution in [3.05, 3.63) is 41.5 Å². The van der Waals surface area contributed by atoms with Gasteiger partial charge in [-0.25, -0.2) is 0 Å². The molecule has 2 heteroatoms. The normalized spacial score (nSPS) is 11.9.